The van der Waals surface area contributed by atoms with Gasteiger partial charge in [-0.1, -0.05) is 11.6 Å². The van der Waals surface area contributed by atoms with Crippen molar-refractivity contribution in [3.8, 4) is 5.69 Å². The quantitative estimate of drug-likeness (QED) is 0.516. The molecule has 32 heavy (non-hydrogen) atoms. The van der Waals surface area contributed by atoms with Crippen molar-refractivity contribution in [3.05, 3.63) is 76.7 Å². The number of carbonyl (C=O) groups is 2. The van der Waals surface area contributed by atoms with E-state index in [0.29, 0.717) is 17.1 Å². The number of aliphatic hydroxyl groups excluding tert-OH is 1. The van der Waals surface area contributed by atoms with Crippen LogP contribution in [0.25, 0.3) is 5.69 Å². The number of nitrogens with zero attached hydrogens (tertiary/aromatic N) is 4. The van der Waals surface area contributed by atoms with Crippen LogP contribution < -0.4 is 16.2 Å². The SMILES string of the molecule is O=C(Nc1ccc(-n2ccncc2=O)cc1)[C@H]1C[C@H](O)CN1C(=O)Nc1ccc(Cl)nc1. The summed E-state index contributed by atoms with van der Waals surface area (Å²) in [6.07, 6.45) is 4.95. The summed E-state index contributed by atoms with van der Waals surface area (Å²) in [6.45, 7) is 0.0227. The molecule has 3 aromatic rings. The molecule has 0 radical (unpaired) electrons. The Morgan fingerprint density at radius 3 is 2.50 bits per heavy atom. The monoisotopic (exact) mass is 454 g/mol. The minimum atomic E-state index is -0.854. The van der Waals surface area contributed by atoms with Gasteiger partial charge in [0.05, 0.1) is 24.2 Å². The first kappa shape index (κ1) is 21.5. The van der Waals surface area contributed by atoms with E-state index in [9.17, 15) is 19.5 Å². The number of likely N-dealkylation sites (tertiary alicyclic amines) is 1. The first-order chi connectivity index (χ1) is 15.4. The molecule has 1 aromatic carbocycles. The predicted octanol–water partition coefficient (Wildman–Crippen LogP) is 1.89. The van der Waals surface area contributed by atoms with Crippen LogP contribution in [0.2, 0.25) is 5.15 Å². The molecule has 10 nitrogen and oxygen atoms in total. The summed E-state index contributed by atoms with van der Waals surface area (Å²) in [4.78, 5) is 46.3. The van der Waals surface area contributed by atoms with Crippen molar-refractivity contribution in [1.29, 1.82) is 0 Å². The topological polar surface area (TPSA) is 129 Å². The maximum absolute atomic E-state index is 12.8. The van der Waals surface area contributed by atoms with Crippen molar-refractivity contribution in [1.82, 2.24) is 19.4 Å². The van der Waals surface area contributed by atoms with Crippen LogP contribution >= 0.6 is 11.6 Å². The summed E-state index contributed by atoms with van der Waals surface area (Å²) in [5.74, 6) is -0.431. The molecular weight excluding hydrogens is 436 g/mol. The summed E-state index contributed by atoms with van der Waals surface area (Å²) >= 11 is 5.75. The zero-order valence-electron chi connectivity index (χ0n) is 16.7. The lowest BCUT2D eigenvalue weighted by atomic mass is 10.1. The molecule has 3 heterocycles. The molecule has 2 atom stereocenters. The minimum Gasteiger partial charge on any atom is -0.391 e. The number of rotatable bonds is 4. The van der Waals surface area contributed by atoms with E-state index in [4.69, 9.17) is 11.6 Å². The third-order valence-corrected chi connectivity index (χ3v) is 5.18. The van der Waals surface area contributed by atoms with E-state index in [-0.39, 0.29) is 23.7 Å². The van der Waals surface area contributed by atoms with E-state index in [1.165, 1.54) is 34.1 Å². The molecular formula is C21H19ClN6O4. The number of nitrogens with one attached hydrogen (secondary N) is 2. The van der Waals surface area contributed by atoms with E-state index < -0.39 is 24.1 Å². The smallest absolute Gasteiger partial charge is 0.322 e. The van der Waals surface area contributed by atoms with Gasteiger partial charge in [-0.2, -0.15) is 0 Å². The lowest BCUT2D eigenvalue weighted by Gasteiger charge is -2.24. The number of hydrogen-bond donors (Lipinski definition) is 3. The highest BCUT2D eigenvalue weighted by molar-refractivity contribution is 6.29. The van der Waals surface area contributed by atoms with Crippen molar-refractivity contribution in [2.24, 2.45) is 0 Å². The van der Waals surface area contributed by atoms with Gasteiger partial charge in [0, 0.05) is 36.7 Å². The van der Waals surface area contributed by atoms with Gasteiger partial charge in [-0.3, -0.25) is 19.1 Å². The van der Waals surface area contributed by atoms with Gasteiger partial charge in [-0.05, 0) is 36.4 Å². The number of benzene rings is 1. The molecule has 1 aliphatic heterocycles. The standard InChI is InChI=1S/C21H19ClN6O4/c22-18-6-3-14(10-24-18)26-21(32)28-12-16(29)9-17(28)20(31)25-13-1-4-15(5-2-13)27-8-7-23-11-19(27)30/h1-8,10-11,16-17,29H,9,12H2,(H,25,31)(H,26,32)/t16-,17+/m0/s1. The molecule has 1 saturated heterocycles. The average molecular weight is 455 g/mol. The summed E-state index contributed by atoms with van der Waals surface area (Å²) < 4.78 is 1.42. The Bertz CT molecular complexity index is 1180. The van der Waals surface area contributed by atoms with Crippen molar-refractivity contribution in [2.75, 3.05) is 17.2 Å². The van der Waals surface area contributed by atoms with Crippen LogP contribution in [0.3, 0.4) is 0 Å². The first-order valence-electron chi connectivity index (χ1n) is 9.72. The number of aliphatic hydroxyl groups is 1. The maximum Gasteiger partial charge on any atom is 0.322 e. The summed E-state index contributed by atoms with van der Waals surface area (Å²) in [6, 6.07) is 8.39. The number of aromatic nitrogens is 3. The van der Waals surface area contributed by atoms with Gasteiger partial charge in [0.25, 0.3) is 5.56 Å². The van der Waals surface area contributed by atoms with E-state index in [2.05, 4.69) is 20.6 Å². The zero-order chi connectivity index (χ0) is 22.7. The van der Waals surface area contributed by atoms with Crippen molar-refractivity contribution in [3.63, 3.8) is 0 Å². The molecule has 1 fully saturated rings. The van der Waals surface area contributed by atoms with Gasteiger partial charge >= 0.3 is 6.03 Å². The van der Waals surface area contributed by atoms with Crippen LogP contribution in [0.15, 0.2) is 66.0 Å². The highest BCUT2D eigenvalue weighted by Crippen LogP contribution is 2.22. The molecule has 0 spiro atoms. The normalized spacial score (nSPS) is 17.8. The van der Waals surface area contributed by atoms with Gasteiger partial charge in [-0.25, -0.2) is 9.78 Å². The van der Waals surface area contributed by atoms with Crippen molar-refractivity contribution in [2.45, 2.75) is 18.6 Å². The van der Waals surface area contributed by atoms with Crippen molar-refractivity contribution >= 4 is 34.9 Å². The Hall–Kier alpha value is -3.76. The fourth-order valence-corrected chi connectivity index (χ4v) is 3.54. The molecule has 3 amide bonds. The molecule has 11 heteroatoms. The molecule has 0 bridgehead atoms. The van der Waals surface area contributed by atoms with Gasteiger partial charge < -0.3 is 20.6 Å². The van der Waals surface area contributed by atoms with Crippen LogP contribution in [0.1, 0.15) is 6.42 Å². The summed E-state index contributed by atoms with van der Waals surface area (Å²) in [5.41, 5.74) is 1.25. The van der Waals surface area contributed by atoms with Gasteiger partial charge in [0.15, 0.2) is 0 Å². The van der Waals surface area contributed by atoms with E-state index in [1.54, 1.807) is 36.5 Å². The van der Waals surface area contributed by atoms with Gasteiger partial charge in [0.1, 0.15) is 11.2 Å². The van der Waals surface area contributed by atoms with Crippen LogP contribution in [-0.4, -0.2) is 55.2 Å². The Morgan fingerprint density at radius 1 is 1.06 bits per heavy atom. The van der Waals surface area contributed by atoms with Crippen LogP contribution in [0.5, 0.6) is 0 Å². The van der Waals surface area contributed by atoms with Crippen LogP contribution in [-0.2, 0) is 4.79 Å². The fourth-order valence-electron chi connectivity index (χ4n) is 3.42. The zero-order valence-corrected chi connectivity index (χ0v) is 17.4. The number of halogens is 1. The summed E-state index contributed by atoms with van der Waals surface area (Å²) in [7, 11) is 0. The van der Waals surface area contributed by atoms with E-state index in [0.717, 1.165) is 0 Å². The minimum absolute atomic E-state index is 0.0227. The average Bonchev–Trinajstić information content (AvgIpc) is 3.18. The number of pyridine rings is 1. The lowest BCUT2D eigenvalue weighted by molar-refractivity contribution is -0.119. The largest absolute Gasteiger partial charge is 0.391 e. The Balaban J connectivity index is 1.44. The van der Waals surface area contributed by atoms with Gasteiger partial charge in [0.2, 0.25) is 5.91 Å². The van der Waals surface area contributed by atoms with Crippen LogP contribution in [0.4, 0.5) is 16.2 Å². The molecule has 164 valence electrons. The second-order valence-electron chi connectivity index (χ2n) is 7.18. The maximum atomic E-state index is 12.8. The highest BCUT2D eigenvalue weighted by atomic mass is 35.5. The predicted molar refractivity (Wildman–Crippen MR) is 118 cm³/mol. The Morgan fingerprint density at radius 2 is 1.81 bits per heavy atom. The molecule has 0 aliphatic carbocycles. The molecule has 2 aromatic heterocycles. The van der Waals surface area contributed by atoms with Crippen molar-refractivity contribution < 1.29 is 14.7 Å². The highest BCUT2D eigenvalue weighted by Gasteiger charge is 2.39. The number of amides is 3. The van der Waals surface area contributed by atoms with Crippen LogP contribution in [0, 0.1) is 0 Å². The molecule has 3 N–H and O–H groups in total. The Labute approximate surface area is 187 Å². The third kappa shape index (κ3) is 4.76. The third-order valence-electron chi connectivity index (χ3n) is 4.96. The number of urea groups is 1. The number of anilines is 2. The van der Waals surface area contributed by atoms with E-state index >= 15 is 0 Å². The van der Waals surface area contributed by atoms with Gasteiger partial charge in [-0.15, -0.1) is 0 Å². The molecule has 4 rings (SSSR count). The number of carbonyl (C=O) groups excluding carboxylic acids is 2. The first-order valence-corrected chi connectivity index (χ1v) is 10.1. The lowest BCUT2D eigenvalue weighted by Crippen LogP contribution is -2.45. The fraction of sp³-hybridized carbons (Fsp3) is 0.190. The number of β-amino-alcohol motifs (C(OH)–C–C–N with tert-alkyl or cyclic N) is 1. The molecule has 0 unspecified atom stereocenters. The molecule has 1 aliphatic rings. The number of hydrogen-bond acceptors (Lipinski definition) is 6. The van der Waals surface area contributed by atoms with E-state index in [1.807, 2.05) is 0 Å². The second kappa shape index (κ2) is 9.16. The molecule has 0 saturated carbocycles. The Kier molecular flexibility index (Phi) is 6.15. The second-order valence-corrected chi connectivity index (χ2v) is 7.57. The summed E-state index contributed by atoms with van der Waals surface area (Å²) in [5, 5.41) is 15.7.